The predicted octanol–water partition coefficient (Wildman–Crippen LogP) is 2.70. The molecule has 0 aromatic heterocycles. The lowest BCUT2D eigenvalue weighted by Gasteiger charge is -2.38. The van der Waals surface area contributed by atoms with E-state index in [9.17, 15) is 9.59 Å². The van der Waals surface area contributed by atoms with Gasteiger partial charge in [-0.3, -0.25) is 14.5 Å². The van der Waals surface area contributed by atoms with Gasteiger partial charge in [-0.1, -0.05) is 18.2 Å². The number of carbonyl (C=O) groups excluding carboxylic acids is 2. The van der Waals surface area contributed by atoms with Crippen LogP contribution in [0.25, 0.3) is 0 Å². The van der Waals surface area contributed by atoms with E-state index >= 15 is 0 Å². The first-order valence-corrected chi connectivity index (χ1v) is 11.0. The van der Waals surface area contributed by atoms with Crippen molar-refractivity contribution in [3.8, 4) is 5.75 Å². The van der Waals surface area contributed by atoms with Crippen LogP contribution in [0, 0.1) is 6.92 Å². The highest BCUT2D eigenvalue weighted by molar-refractivity contribution is 5.79. The Bertz CT molecular complexity index is 686. The maximum Gasteiger partial charge on any atom is 0.236 e. The second kappa shape index (κ2) is 10.6. The number of likely N-dealkylation sites (tertiary alicyclic amines) is 1. The number of hydrogen-bond acceptors (Lipinski definition) is 4. The third-order valence-electron chi connectivity index (χ3n) is 6.09. The van der Waals surface area contributed by atoms with Gasteiger partial charge < -0.3 is 14.5 Å². The molecule has 3 rings (SSSR count). The molecule has 0 radical (unpaired) electrons. The zero-order valence-corrected chi connectivity index (χ0v) is 17.9. The van der Waals surface area contributed by atoms with E-state index in [1.54, 1.807) is 0 Å². The molecule has 6 nitrogen and oxygen atoms in total. The van der Waals surface area contributed by atoms with Crippen molar-refractivity contribution in [2.24, 2.45) is 0 Å². The average molecular weight is 402 g/mol. The molecule has 1 atom stereocenters. The molecule has 2 fully saturated rings. The van der Waals surface area contributed by atoms with Crippen molar-refractivity contribution in [3.05, 3.63) is 29.8 Å². The number of rotatable bonds is 7. The zero-order valence-electron chi connectivity index (χ0n) is 17.9. The van der Waals surface area contributed by atoms with Gasteiger partial charge in [-0.15, -0.1) is 0 Å². The van der Waals surface area contributed by atoms with Gasteiger partial charge >= 0.3 is 0 Å². The Balaban J connectivity index is 1.33. The van der Waals surface area contributed by atoms with Gasteiger partial charge in [-0.25, -0.2) is 0 Å². The van der Waals surface area contributed by atoms with Crippen molar-refractivity contribution in [2.45, 2.75) is 52.0 Å². The average Bonchev–Trinajstić information content (AvgIpc) is 2.73. The van der Waals surface area contributed by atoms with Crippen molar-refractivity contribution < 1.29 is 14.3 Å². The Hall–Kier alpha value is -2.08. The van der Waals surface area contributed by atoms with Crippen LogP contribution < -0.4 is 4.74 Å². The van der Waals surface area contributed by atoms with Gasteiger partial charge in [0.2, 0.25) is 11.8 Å². The zero-order chi connectivity index (χ0) is 20.6. The number of nitrogens with zero attached hydrogens (tertiary/aromatic N) is 3. The highest BCUT2D eigenvalue weighted by atomic mass is 16.5. The predicted molar refractivity (Wildman–Crippen MR) is 114 cm³/mol. The van der Waals surface area contributed by atoms with Crippen molar-refractivity contribution in [1.29, 1.82) is 0 Å². The maximum atomic E-state index is 12.6. The minimum atomic E-state index is 0.189. The van der Waals surface area contributed by atoms with Crippen LogP contribution in [0.1, 0.15) is 44.6 Å². The Morgan fingerprint density at radius 3 is 2.52 bits per heavy atom. The molecule has 6 heteroatoms. The fourth-order valence-electron chi connectivity index (χ4n) is 4.19. The highest BCUT2D eigenvalue weighted by Crippen LogP contribution is 2.18. The molecule has 0 bridgehead atoms. The summed E-state index contributed by atoms with van der Waals surface area (Å²) in [7, 11) is 0. The number of benzene rings is 1. The Kier molecular flexibility index (Phi) is 7.92. The van der Waals surface area contributed by atoms with Crippen LogP contribution in [-0.2, 0) is 9.59 Å². The number of amides is 2. The quantitative estimate of drug-likeness (QED) is 0.659. The molecule has 1 aromatic rings. The van der Waals surface area contributed by atoms with Gasteiger partial charge in [-0.05, 0) is 51.2 Å². The molecule has 2 saturated heterocycles. The first kappa shape index (κ1) is 21.6. The summed E-state index contributed by atoms with van der Waals surface area (Å²) in [5, 5.41) is 0. The van der Waals surface area contributed by atoms with Crippen molar-refractivity contribution >= 4 is 11.8 Å². The molecule has 2 amide bonds. The number of carbonyl (C=O) groups is 2. The van der Waals surface area contributed by atoms with Gasteiger partial charge in [0.15, 0.2) is 0 Å². The number of ether oxygens (including phenoxy) is 1. The Morgan fingerprint density at radius 1 is 1.03 bits per heavy atom. The number of aryl methyl sites for hydroxylation is 1. The van der Waals surface area contributed by atoms with E-state index in [1.165, 1.54) is 6.42 Å². The number of para-hydroxylation sites is 1. The summed E-state index contributed by atoms with van der Waals surface area (Å²) in [5.41, 5.74) is 1.11. The second-order valence-electron chi connectivity index (χ2n) is 8.31. The molecule has 0 spiro atoms. The Morgan fingerprint density at radius 2 is 1.79 bits per heavy atom. The summed E-state index contributed by atoms with van der Waals surface area (Å²) in [6, 6.07) is 8.30. The minimum Gasteiger partial charge on any atom is -0.493 e. The van der Waals surface area contributed by atoms with Crippen molar-refractivity contribution in [1.82, 2.24) is 14.7 Å². The van der Waals surface area contributed by atoms with Gasteiger partial charge in [0.05, 0.1) is 13.2 Å². The molecule has 2 heterocycles. The van der Waals surface area contributed by atoms with Crippen LogP contribution in [0.5, 0.6) is 5.75 Å². The molecule has 1 aromatic carbocycles. The summed E-state index contributed by atoms with van der Waals surface area (Å²) >= 11 is 0. The molecular weight excluding hydrogens is 366 g/mol. The van der Waals surface area contributed by atoms with Crippen LogP contribution in [0.2, 0.25) is 0 Å². The first-order chi connectivity index (χ1) is 14.0. The summed E-state index contributed by atoms with van der Waals surface area (Å²) in [6.07, 6.45) is 4.68. The summed E-state index contributed by atoms with van der Waals surface area (Å²) < 4.78 is 5.78. The standard InChI is InChI=1S/C23H35N3O3/c1-19-8-3-4-10-21(19)29-17-7-11-22(27)25-15-13-24(14-16-25)18-23(28)26-12-6-5-9-20(26)2/h3-4,8,10,20H,5-7,9,11-18H2,1-2H3/t20-/m1/s1. The van der Waals surface area contributed by atoms with Gasteiger partial charge in [-0.2, -0.15) is 0 Å². The van der Waals surface area contributed by atoms with E-state index in [0.717, 1.165) is 50.2 Å². The van der Waals surface area contributed by atoms with E-state index < -0.39 is 0 Å². The largest absolute Gasteiger partial charge is 0.493 e. The second-order valence-corrected chi connectivity index (χ2v) is 8.31. The maximum absolute atomic E-state index is 12.6. The summed E-state index contributed by atoms with van der Waals surface area (Å²) in [5.74, 6) is 1.32. The van der Waals surface area contributed by atoms with E-state index in [-0.39, 0.29) is 11.8 Å². The molecular formula is C23H35N3O3. The number of piperazine rings is 1. The van der Waals surface area contributed by atoms with Crippen LogP contribution in [0.4, 0.5) is 0 Å². The Labute approximate surface area is 174 Å². The third kappa shape index (κ3) is 6.20. The monoisotopic (exact) mass is 401 g/mol. The van der Waals surface area contributed by atoms with E-state index in [1.807, 2.05) is 41.0 Å². The van der Waals surface area contributed by atoms with Crippen LogP contribution >= 0.6 is 0 Å². The molecule has 29 heavy (non-hydrogen) atoms. The molecule has 0 N–H and O–H groups in total. The SMILES string of the molecule is Cc1ccccc1OCCCC(=O)N1CCN(CC(=O)N2CCCC[C@H]2C)CC1. The molecule has 160 valence electrons. The van der Waals surface area contributed by atoms with Gasteiger partial charge in [0.25, 0.3) is 0 Å². The van der Waals surface area contributed by atoms with Crippen molar-refractivity contribution in [2.75, 3.05) is 45.9 Å². The molecule has 2 aliphatic heterocycles. The fourth-order valence-corrected chi connectivity index (χ4v) is 4.19. The van der Waals surface area contributed by atoms with E-state index in [4.69, 9.17) is 4.74 Å². The lowest BCUT2D eigenvalue weighted by Crippen LogP contribution is -2.53. The summed E-state index contributed by atoms with van der Waals surface area (Å²) in [4.78, 5) is 31.2. The van der Waals surface area contributed by atoms with E-state index in [2.05, 4.69) is 11.8 Å². The molecule has 0 aliphatic carbocycles. The summed E-state index contributed by atoms with van der Waals surface area (Å²) in [6.45, 7) is 9.07. The normalized spacial score (nSPS) is 20.6. The topological polar surface area (TPSA) is 53.1 Å². The minimum absolute atomic E-state index is 0.189. The van der Waals surface area contributed by atoms with Crippen LogP contribution in [0.3, 0.4) is 0 Å². The van der Waals surface area contributed by atoms with Crippen molar-refractivity contribution in [3.63, 3.8) is 0 Å². The first-order valence-electron chi connectivity index (χ1n) is 11.0. The fraction of sp³-hybridized carbons (Fsp3) is 0.652. The molecule has 0 unspecified atom stereocenters. The molecule has 2 aliphatic rings. The highest BCUT2D eigenvalue weighted by Gasteiger charge is 2.27. The van der Waals surface area contributed by atoms with Crippen LogP contribution in [-0.4, -0.2) is 78.4 Å². The smallest absolute Gasteiger partial charge is 0.236 e. The number of piperidine rings is 1. The lowest BCUT2D eigenvalue weighted by atomic mass is 10.0. The van der Waals surface area contributed by atoms with E-state index in [0.29, 0.717) is 38.7 Å². The third-order valence-corrected chi connectivity index (χ3v) is 6.09. The lowest BCUT2D eigenvalue weighted by molar-refractivity contribution is -0.137. The molecule has 0 saturated carbocycles. The number of hydrogen-bond donors (Lipinski definition) is 0. The van der Waals surface area contributed by atoms with Gasteiger partial charge in [0, 0.05) is 45.2 Å². The van der Waals surface area contributed by atoms with Crippen LogP contribution in [0.15, 0.2) is 24.3 Å². The van der Waals surface area contributed by atoms with Gasteiger partial charge in [0.1, 0.15) is 5.75 Å².